The largest absolute Gasteiger partial charge is 0.379 e. The summed E-state index contributed by atoms with van der Waals surface area (Å²) in [4.78, 5) is 23.1. The molecular formula is C24H48N2O8. The smallest absolute Gasteiger partial charge is 0.314 e. The molecule has 0 bridgehead atoms. The van der Waals surface area contributed by atoms with Gasteiger partial charge < -0.3 is 39.1 Å². The monoisotopic (exact) mass is 492 g/mol. The first-order chi connectivity index (χ1) is 16.4. The second kappa shape index (κ2) is 24.8. The molecule has 0 radical (unpaired) electrons. The lowest BCUT2D eigenvalue weighted by atomic mass is 10.1. The third kappa shape index (κ3) is 25.3. The molecule has 0 saturated heterocycles. The highest BCUT2D eigenvalue weighted by Crippen LogP contribution is 1.99. The predicted octanol–water partition coefficient (Wildman–Crippen LogP) is 2.05. The SMILES string of the molecule is CC(C)CCOCCOCCOCCNC(=O)NCCOCCOCCOCCC(=O)C(C)C. The molecule has 0 rings (SSSR count). The minimum atomic E-state index is -0.258. The molecule has 0 aromatic heterocycles. The van der Waals surface area contributed by atoms with E-state index in [2.05, 4.69) is 24.5 Å². The summed E-state index contributed by atoms with van der Waals surface area (Å²) < 4.78 is 32.4. The number of carbonyl (C=O) groups excluding carboxylic acids is 2. The van der Waals surface area contributed by atoms with Crippen LogP contribution in [0, 0.1) is 11.8 Å². The lowest BCUT2D eigenvalue weighted by Crippen LogP contribution is -2.39. The van der Waals surface area contributed by atoms with E-state index >= 15 is 0 Å². The van der Waals surface area contributed by atoms with Crippen molar-refractivity contribution in [1.82, 2.24) is 10.6 Å². The predicted molar refractivity (Wildman–Crippen MR) is 130 cm³/mol. The molecule has 0 aromatic carbocycles. The van der Waals surface area contributed by atoms with E-state index in [9.17, 15) is 9.59 Å². The molecule has 202 valence electrons. The van der Waals surface area contributed by atoms with Gasteiger partial charge in [-0.05, 0) is 12.3 Å². The zero-order chi connectivity index (χ0) is 25.3. The van der Waals surface area contributed by atoms with Gasteiger partial charge in [0.25, 0.3) is 0 Å². The number of carbonyl (C=O) groups is 2. The van der Waals surface area contributed by atoms with E-state index in [1.165, 1.54) is 0 Å². The van der Waals surface area contributed by atoms with Gasteiger partial charge in [0, 0.05) is 32.0 Å². The van der Waals surface area contributed by atoms with Crippen LogP contribution in [0.2, 0.25) is 0 Å². The van der Waals surface area contributed by atoms with E-state index in [-0.39, 0.29) is 17.7 Å². The van der Waals surface area contributed by atoms with Crippen molar-refractivity contribution < 1.29 is 38.0 Å². The second-order valence-corrected chi connectivity index (χ2v) is 8.41. The maximum atomic E-state index is 11.7. The zero-order valence-corrected chi connectivity index (χ0v) is 21.7. The standard InChI is InChI=1S/C24H48N2O8/c1-21(2)5-9-29-13-17-33-19-15-31-11-7-25-24(28)26-8-12-32-16-20-34-18-14-30-10-6-23(27)22(3)4/h21-22H,5-20H2,1-4H3,(H2,25,26,28). The summed E-state index contributed by atoms with van der Waals surface area (Å²) in [5.41, 5.74) is 0. The quantitative estimate of drug-likeness (QED) is 0.186. The van der Waals surface area contributed by atoms with Gasteiger partial charge in [-0.1, -0.05) is 27.7 Å². The van der Waals surface area contributed by atoms with Crippen molar-refractivity contribution >= 4 is 11.8 Å². The number of Topliss-reactive ketones (excluding diaryl/α,β-unsaturated/α-hetero) is 1. The van der Waals surface area contributed by atoms with E-state index in [0.717, 1.165) is 13.0 Å². The Bertz CT molecular complexity index is 478. The van der Waals surface area contributed by atoms with Crippen LogP contribution in [0.15, 0.2) is 0 Å². The number of urea groups is 1. The molecule has 0 spiro atoms. The first kappa shape index (κ1) is 32.7. The zero-order valence-electron chi connectivity index (χ0n) is 21.7. The van der Waals surface area contributed by atoms with Crippen LogP contribution in [0.1, 0.15) is 40.5 Å². The van der Waals surface area contributed by atoms with Crippen LogP contribution >= 0.6 is 0 Å². The molecule has 0 saturated carbocycles. The van der Waals surface area contributed by atoms with Gasteiger partial charge in [-0.25, -0.2) is 4.79 Å². The molecule has 0 fully saturated rings. The minimum Gasteiger partial charge on any atom is -0.379 e. The number of amides is 2. The summed E-state index contributed by atoms with van der Waals surface area (Å²) in [6, 6.07) is -0.258. The maximum absolute atomic E-state index is 11.7. The highest BCUT2D eigenvalue weighted by Gasteiger charge is 2.06. The maximum Gasteiger partial charge on any atom is 0.314 e. The van der Waals surface area contributed by atoms with Gasteiger partial charge >= 0.3 is 6.03 Å². The summed E-state index contributed by atoms with van der Waals surface area (Å²) in [6.07, 6.45) is 1.51. The number of hydrogen-bond donors (Lipinski definition) is 2. The Hall–Kier alpha value is -1.30. The van der Waals surface area contributed by atoms with Crippen molar-refractivity contribution in [2.24, 2.45) is 11.8 Å². The second-order valence-electron chi connectivity index (χ2n) is 8.41. The highest BCUT2D eigenvalue weighted by atomic mass is 16.5. The third-order valence-electron chi connectivity index (χ3n) is 4.53. The molecule has 0 aromatic rings. The molecule has 0 atom stereocenters. The number of nitrogens with one attached hydrogen (secondary N) is 2. The van der Waals surface area contributed by atoms with Crippen molar-refractivity contribution in [3.63, 3.8) is 0 Å². The van der Waals surface area contributed by atoms with Crippen molar-refractivity contribution in [3.8, 4) is 0 Å². The Morgan fingerprint density at radius 3 is 1.35 bits per heavy atom. The van der Waals surface area contributed by atoms with Gasteiger partial charge in [0.05, 0.1) is 72.7 Å². The average molecular weight is 493 g/mol. The molecule has 10 nitrogen and oxygen atoms in total. The van der Waals surface area contributed by atoms with Gasteiger partial charge in [-0.2, -0.15) is 0 Å². The molecule has 0 unspecified atom stereocenters. The molecule has 0 heterocycles. The summed E-state index contributed by atoms with van der Waals surface area (Å²) in [6.45, 7) is 14.9. The molecule has 0 aliphatic heterocycles. The van der Waals surface area contributed by atoms with Gasteiger partial charge in [0.1, 0.15) is 5.78 Å². The van der Waals surface area contributed by atoms with Gasteiger partial charge in [-0.15, -0.1) is 0 Å². The van der Waals surface area contributed by atoms with Crippen molar-refractivity contribution in [2.45, 2.75) is 40.5 Å². The van der Waals surface area contributed by atoms with E-state index in [4.69, 9.17) is 28.4 Å². The van der Waals surface area contributed by atoms with E-state index in [1.54, 1.807) is 0 Å². The van der Waals surface area contributed by atoms with Crippen molar-refractivity contribution in [3.05, 3.63) is 0 Å². The van der Waals surface area contributed by atoms with Crippen molar-refractivity contribution in [2.75, 3.05) is 92.4 Å². The van der Waals surface area contributed by atoms with Crippen LogP contribution < -0.4 is 10.6 Å². The third-order valence-corrected chi connectivity index (χ3v) is 4.53. The first-order valence-electron chi connectivity index (χ1n) is 12.4. The summed E-state index contributed by atoms with van der Waals surface area (Å²) in [7, 11) is 0. The lowest BCUT2D eigenvalue weighted by molar-refractivity contribution is -0.123. The average Bonchev–Trinajstić information content (AvgIpc) is 2.79. The Morgan fingerprint density at radius 1 is 0.559 bits per heavy atom. The van der Waals surface area contributed by atoms with Crippen molar-refractivity contribution in [1.29, 1.82) is 0 Å². The summed E-state index contributed by atoms with van der Waals surface area (Å²) in [5.74, 6) is 0.915. The summed E-state index contributed by atoms with van der Waals surface area (Å²) in [5, 5.41) is 5.42. The normalized spacial score (nSPS) is 11.4. The van der Waals surface area contributed by atoms with Crippen LogP contribution in [-0.2, 0) is 33.2 Å². The molecule has 0 aliphatic carbocycles. The topological polar surface area (TPSA) is 114 Å². The first-order valence-corrected chi connectivity index (χ1v) is 12.4. The Kier molecular flexibility index (Phi) is 23.9. The fourth-order valence-electron chi connectivity index (χ4n) is 2.40. The molecule has 34 heavy (non-hydrogen) atoms. The van der Waals surface area contributed by atoms with E-state index in [0.29, 0.717) is 98.1 Å². The van der Waals surface area contributed by atoms with Gasteiger partial charge in [0.2, 0.25) is 0 Å². The Balaban J connectivity index is 3.21. The number of hydrogen-bond acceptors (Lipinski definition) is 8. The lowest BCUT2D eigenvalue weighted by Gasteiger charge is -2.10. The Morgan fingerprint density at radius 2 is 0.941 bits per heavy atom. The number of ether oxygens (including phenoxy) is 6. The molecule has 2 N–H and O–H groups in total. The Labute approximate surface area is 205 Å². The molecular weight excluding hydrogens is 444 g/mol. The molecule has 2 amide bonds. The van der Waals surface area contributed by atoms with Crippen LogP contribution in [0.3, 0.4) is 0 Å². The fraction of sp³-hybridized carbons (Fsp3) is 0.917. The van der Waals surface area contributed by atoms with E-state index < -0.39 is 0 Å². The van der Waals surface area contributed by atoms with Crippen LogP contribution in [0.4, 0.5) is 4.79 Å². The van der Waals surface area contributed by atoms with Gasteiger partial charge in [0.15, 0.2) is 0 Å². The summed E-state index contributed by atoms with van der Waals surface area (Å²) >= 11 is 0. The molecule has 0 aliphatic rings. The molecule has 10 heteroatoms. The van der Waals surface area contributed by atoms with Crippen LogP contribution in [0.5, 0.6) is 0 Å². The number of rotatable bonds is 25. The van der Waals surface area contributed by atoms with Crippen LogP contribution in [-0.4, -0.2) is 104 Å². The van der Waals surface area contributed by atoms with E-state index in [1.807, 2.05) is 13.8 Å². The fourth-order valence-corrected chi connectivity index (χ4v) is 2.40. The highest BCUT2D eigenvalue weighted by molar-refractivity contribution is 5.80. The van der Waals surface area contributed by atoms with Crippen LogP contribution in [0.25, 0.3) is 0 Å². The number of ketones is 1. The minimum absolute atomic E-state index is 0.0532. The van der Waals surface area contributed by atoms with Gasteiger partial charge in [-0.3, -0.25) is 4.79 Å².